The van der Waals surface area contributed by atoms with Crippen molar-refractivity contribution >= 4 is 40.8 Å². The number of nitrogen functional groups attached to an aromatic ring is 1. The lowest BCUT2D eigenvalue weighted by Crippen LogP contribution is -2.56. The van der Waals surface area contributed by atoms with E-state index in [1.54, 1.807) is 12.4 Å². The van der Waals surface area contributed by atoms with Crippen molar-refractivity contribution in [1.29, 1.82) is 0 Å². The van der Waals surface area contributed by atoms with E-state index in [9.17, 15) is 13.9 Å². The number of aliphatic hydroxyl groups is 1. The van der Waals surface area contributed by atoms with Crippen LogP contribution >= 0.6 is 23.4 Å². The maximum Gasteiger partial charge on any atom is 0.263 e. The molecular weight excluding hydrogens is 508 g/mol. The lowest BCUT2D eigenvalue weighted by Gasteiger charge is -2.46. The molecule has 1 saturated carbocycles. The van der Waals surface area contributed by atoms with Gasteiger partial charge in [0.1, 0.15) is 16.7 Å². The van der Waals surface area contributed by atoms with Crippen LogP contribution in [0.15, 0.2) is 28.4 Å². The zero-order valence-electron chi connectivity index (χ0n) is 20.4. The van der Waals surface area contributed by atoms with Gasteiger partial charge in [-0.15, -0.1) is 0 Å². The van der Waals surface area contributed by atoms with Crippen molar-refractivity contribution in [3.05, 3.63) is 23.5 Å². The van der Waals surface area contributed by atoms with Gasteiger partial charge < -0.3 is 26.4 Å². The summed E-state index contributed by atoms with van der Waals surface area (Å²) in [6.45, 7) is 6.16. The molecule has 2 aliphatic heterocycles. The molecular formula is C24H32ClF2N7OS. The first kappa shape index (κ1) is 25.7. The third-order valence-electron chi connectivity index (χ3n) is 8.13. The molecule has 36 heavy (non-hydrogen) atoms. The Hall–Kier alpha value is -1.95. The number of piperidine rings is 1. The molecule has 0 unspecified atom stereocenters. The highest BCUT2D eigenvalue weighted by atomic mass is 35.5. The molecule has 196 valence electrons. The summed E-state index contributed by atoms with van der Waals surface area (Å²) in [4.78, 5) is 18.4. The first-order valence-electron chi connectivity index (χ1n) is 12.2. The predicted octanol–water partition coefficient (Wildman–Crippen LogP) is 3.81. The molecule has 12 heteroatoms. The summed E-state index contributed by atoms with van der Waals surface area (Å²) < 4.78 is 28.1. The number of alkyl halides is 2. The predicted molar refractivity (Wildman–Crippen MR) is 138 cm³/mol. The molecule has 4 heterocycles. The van der Waals surface area contributed by atoms with Gasteiger partial charge in [0.25, 0.3) is 5.92 Å². The van der Waals surface area contributed by atoms with E-state index in [1.165, 1.54) is 11.8 Å². The zero-order valence-corrected chi connectivity index (χ0v) is 22.0. The van der Waals surface area contributed by atoms with Crippen molar-refractivity contribution in [1.82, 2.24) is 15.0 Å². The van der Waals surface area contributed by atoms with Crippen molar-refractivity contribution in [2.24, 2.45) is 17.1 Å². The van der Waals surface area contributed by atoms with Crippen LogP contribution in [0.5, 0.6) is 0 Å². The van der Waals surface area contributed by atoms with Crippen LogP contribution in [-0.2, 0) is 0 Å². The van der Waals surface area contributed by atoms with Gasteiger partial charge in [-0.1, -0.05) is 23.4 Å². The van der Waals surface area contributed by atoms with E-state index >= 15 is 0 Å². The summed E-state index contributed by atoms with van der Waals surface area (Å²) in [6, 6.07) is 0.720. The molecule has 1 spiro atoms. The SMILES string of the molecule is CC(C)(O)C1CN(c2nccc(Sc3ncc(N4CCC5(CC4)CCC(F)(F)[C@H]5N)nc3N)c2Cl)C1. The van der Waals surface area contributed by atoms with Gasteiger partial charge in [0, 0.05) is 49.6 Å². The maximum absolute atomic E-state index is 14.0. The molecule has 5 rings (SSSR count). The van der Waals surface area contributed by atoms with Gasteiger partial charge in [0.2, 0.25) is 0 Å². The van der Waals surface area contributed by atoms with Crippen molar-refractivity contribution in [2.75, 3.05) is 41.7 Å². The molecule has 8 nitrogen and oxygen atoms in total. The molecule has 3 fully saturated rings. The van der Waals surface area contributed by atoms with E-state index in [0.717, 1.165) is 4.90 Å². The van der Waals surface area contributed by atoms with E-state index in [4.69, 9.17) is 23.1 Å². The van der Waals surface area contributed by atoms with Crippen LogP contribution in [0.4, 0.5) is 26.2 Å². The quantitative estimate of drug-likeness (QED) is 0.521. The van der Waals surface area contributed by atoms with E-state index < -0.39 is 23.0 Å². The van der Waals surface area contributed by atoms with Crippen molar-refractivity contribution < 1.29 is 13.9 Å². The largest absolute Gasteiger partial charge is 0.390 e. The second-order valence-corrected chi connectivity index (χ2v) is 12.2. The first-order chi connectivity index (χ1) is 16.9. The van der Waals surface area contributed by atoms with E-state index in [1.807, 2.05) is 29.7 Å². The minimum Gasteiger partial charge on any atom is -0.390 e. The number of hydrogen-bond donors (Lipinski definition) is 3. The Bertz CT molecular complexity index is 1130. The van der Waals surface area contributed by atoms with Crippen molar-refractivity contribution in [2.45, 2.75) is 67.0 Å². The first-order valence-corrected chi connectivity index (χ1v) is 13.4. The Labute approximate surface area is 218 Å². The van der Waals surface area contributed by atoms with Crippen LogP contribution in [0.2, 0.25) is 5.02 Å². The van der Waals surface area contributed by atoms with Gasteiger partial charge in [-0.25, -0.2) is 23.7 Å². The number of nitrogens with zero attached hydrogens (tertiary/aromatic N) is 5. The van der Waals surface area contributed by atoms with Gasteiger partial charge in [0.05, 0.1) is 22.9 Å². The van der Waals surface area contributed by atoms with Crippen LogP contribution in [0.25, 0.3) is 0 Å². The number of anilines is 3. The molecule has 2 aromatic rings. The Morgan fingerprint density at radius 3 is 2.42 bits per heavy atom. The Balaban J connectivity index is 1.25. The summed E-state index contributed by atoms with van der Waals surface area (Å²) in [6.07, 6.45) is 4.88. The second kappa shape index (κ2) is 9.11. The van der Waals surface area contributed by atoms with Gasteiger partial charge in [-0.05, 0) is 44.6 Å². The van der Waals surface area contributed by atoms with Gasteiger partial charge in [0.15, 0.2) is 5.82 Å². The van der Waals surface area contributed by atoms with Crippen LogP contribution in [0, 0.1) is 11.3 Å². The second-order valence-electron chi connectivity index (χ2n) is 10.8. The standard InChI is InChI=1S/C24H32ClF2N7OS/c1-22(2,35)14-12-34(13-14)19-17(25)15(3-8-30-19)36-20-18(28)32-16(11-31-20)33-9-6-23(7-10-33)4-5-24(26,27)21(23)29/h3,8,11,14,21,35H,4-7,9-10,12-13,29H2,1-2H3,(H2,28,32)/t21-/m0/s1. The van der Waals surface area contributed by atoms with E-state index in [0.29, 0.717) is 67.1 Å². The van der Waals surface area contributed by atoms with Crippen LogP contribution in [0.3, 0.4) is 0 Å². The smallest absolute Gasteiger partial charge is 0.263 e. The lowest BCUT2D eigenvalue weighted by atomic mass is 9.74. The third kappa shape index (κ3) is 4.59. The van der Waals surface area contributed by atoms with Crippen molar-refractivity contribution in [3.63, 3.8) is 0 Å². The topological polar surface area (TPSA) is 117 Å². The highest BCUT2D eigenvalue weighted by molar-refractivity contribution is 7.99. The molecule has 3 aliphatic rings. The maximum atomic E-state index is 14.0. The summed E-state index contributed by atoms with van der Waals surface area (Å²) in [5.41, 5.74) is 11.0. The lowest BCUT2D eigenvalue weighted by molar-refractivity contribution is -0.0279. The van der Waals surface area contributed by atoms with E-state index in [2.05, 4.69) is 15.0 Å². The summed E-state index contributed by atoms with van der Waals surface area (Å²) in [5, 5.41) is 11.2. The molecule has 0 radical (unpaired) electrons. The Kier molecular flexibility index (Phi) is 6.50. The summed E-state index contributed by atoms with van der Waals surface area (Å²) >= 11 is 8.00. The monoisotopic (exact) mass is 539 g/mol. The highest BCUT2D eigenvalue weighted by Crippen LogP contribution is 2.52. The van der Waals surface area contributed by atoms with Crippen LogP contribution in [0.1, 0.15) is 39.5 Å². The molecule has 5 N–H and O–H groups in total. The minimum absolute atomic E-state index is 0.135. The summed E-state index contributed by atoms with van der Waals surface area (Å²) in [7, 11) is 0. The fraction of sp³-hybridized carbons (Fsp3) is 0.625. The number of nitrogens with two attached hydrogens (primary N) is 2. The highest BCUT2D eigenvalue weighted by Gasteiger charge is 2.57. The number of aromatic nitrogens is 3. The molecule has 0 aromatic carbocycles. The average molecular weight is 540 g/mol. The van der Waals surface area contributed by atoms with Gasteiger partial charge >= 0.3 is 0 Å². The van der Waals surface area contributed by atoms with Crippen molar-refractivity contribution in [3.8, 4) is 0 Å². The Morgan fingerprint density at radius 2 is 1.83 bits per heavy atom. The molecule has 0 bridgehead atoms. The Morgan fingerprint density at radius 1 is 1.14 bits per heavy atom. The van der Waals surface area contributed by atoms with Gasteiger partial charge in [-0.2, -0.15) is 0 Å². The molecule has 1 atom stereocenters. The van der Waals surface area contributed by atoms with E-state index in [-0.39, 0.29) is 18.2 Å². The average Bonchev–Trinajstić information content (AvgIpc) is 3.00. The molecule has 0 amide bonds. The number of hydrogen-bond acceptors (Lipinski definition) is 9. The fourth-order valence-electron chi connectivity index (χ4n) is 5.45. The molecule has 1 aliphatic carbocycles. The van der Waals surface area contributed by atoms with Crippen LogP contribution in [-0.4, -0.2) is 63.8 Å². The number of rotatable bonds is 5. The third-order valence-corrected chi connectivity index (χ3v) is 9.68. The fourth-order valence-corrected chi connectivity index (χ4v) is 6.57. The van der Waals surface area contributed by atoms with Crippen LogP contribution < -0.4 is 21.3 Å². The zero-order chi connectivity index (χ0) is 25.9. The normalized spacial score (nSPS) is 23.8. The van der Waals surface area contributed by atoms with Gasteiger partial charge in [-0.3, -0.25) is 0 Å². The summed E-state index contributed by atoms with van der Waals surface area (Å²) in [5.74, 6) is -1.05. The number of pyridine rings is 1. The number of halogens is 3. The molecule has 2 saturated heterocycles. The minimum atomic E-state index is -2.79. The molecule has 2 aromatic heterocycles.